The molecule has 0 amide bonds. The molecule has 2 rings (SSSR count). The monoisotopic (exact) mass is 248 g/mol. The standard InChI is InChI=1S/C12H10O2.CH2O3/c13-11-8-4-5-9-12(11)14-10-6-2-1-3-7-10;2-1(3)4/h1-9,13H;(H2,2,3,4). The summed E-state index contributed by atoms with van der Waals surface area (Å²) in [7, 11) is 0. The second-order valence-electron chi connectivity index (χ2n) is 3.17. The van der Waals surface area contributed by atoms with Crippen molar-refractivity contribution in [2.24, 2.45) is 0 Å². The third-order valence-corrected chi connectivity index (χ3v) is 1.84. The quantitative estimate of drug-likeness (QED) is 0.758. The first-order chi connectivity index (χ1) is 8.59. The maximum atomic E-state index is 9.45. The van der Waals surface area contributed by atoms with Crippen molar-refractivity contribution in [1.82, 2.24) is 0 Å². The van der Waals surface area contributed by atoms with Crippen LogP contribution in [0.2, 0.25) is 0 Å². The molecule has 18 heavy (non-hydrogen) atoms. The lowest BCUT2D eigenvalue weighted by Gasteiger charge is -2.06. The van der Waals surface area contributed by atoms with Gasteiger partial charge in [0.2, 0.25) is 0 Å². The Hall–Kier alpha value is -2.69. The van der Waals surface area contributed by atoms with Crippen molar-refractivity contribution < 1.29 is 24.9 Å². The van der Waals surface area contributed by atoms with E-state index < -0.39 is 6.16 Å². The topological polar surface area (TPSA) is 87.0 Å². The highest BCUT2D eigenvalue weighted by Gasteiger charge is 2.00. The van der Waals surface area contributed by atoms with Gasteiger partial charge in [-0.1, -0.05) is 30.3 Å². The first-order valence-corrected chi connectivity index (χ1v) is 5.02. The van der Waals surface area contributed by atoms with Gasteiger partial charge in [0, 0.05) is 0 Å². The summed E-state index contributed by atoms with van der Waals surface area (Å²) in [6.07, 6.45) is -1.83. The molecule has 0 heterocycles. The average molecular weight is 248 g/mol. The zero-order valence-corrected chi connectivity index (χ0v) is 9.35. The van der Waals surface area contributed by atoms with Crippen LogP contribution in [0, 0.1) is 0 Å². The van der Waals surface area contributed by atoms with Gasteiger partial charge in [0.1, 0.15) is 5.75 Å². The number of phenols is 1. The summed E-state index contributed by atoms with van der Waals surface area (Å²) in [4.78, 5) is 8.56. The second kappa shape index (κ2) is 6.80. The van der Waals surface area contributed by atoms with Crippen molar-refractivity contribution in [1.29, 1.82) is 0 Å². The number of para-hydroxylation sites is 3. The summed E-state index contributed by atoms with van der Waals surface area (Å²) < 4.78 is 5.46. The van der Waals surface area contributed by atoms with Crippen LogP contribution < -0.4 is 4.74 Å². The van der Waals surface area contributed by atoms with Gasteiger partial charge in [-0.3, -0.25) is 0 Å². The third-order valence-electron chi connectivity index (χ3n) is 1.84. The number of aromatic hydroxyl groups is 1. The molecule has 0 unspecified atom stereocenters. The zero-order valence-electron chi connectivity index (χ0n) is 9.35. The molecule has 2 aromatic carbocycles. The molecule has 0 aliphatic carbocycles. The Bertz CT molecular complexity index is 492. The largest absolute Gasteiger partial charge is 0.504 e. The van der Waals surface area contributed by atoms with E-state index in [1.54, 1.807) is 18.2 Å². The van der Waals surface area contributed by atoms with E-state index in [0.717, 1.165) is 0 Å². The molecular formula is C13H12O5. The van der Waals surface area contributed by atoms with E-state index in [1.165, 1.54) is 0 Å². The van der Waals surface area contributed by atoms with Crippen LogP contribution >= 0.6 is 0 Å². The van der Waals surface area contributed by atoms with Crippen molar-refractivity contribution >= 4 is 6.16 Å². The van der Waals surface area contributed by atoms with E-state index >= 15 is 0 Å². The fourth-order valence-corrected chi connectivity index (χ4v) is 1.16. The van der Waals surface area contributed by atoms with Gasteiger partial charge in [0.05, 0.1) is 0 Å². The molecule has 0 aromatic heterocycles. The second-order valence-corrected chi connectivity index (χ2v) is 3.17. The molecule has 3 N–H and O–H groups in total. The molecule has 2 aromatic rings. The minimum Gasteiger partial charge on any atom is -0.504 e. The predicted octanol–water partition coefficient (Wildman–Crippen LogP) is 3.41. The highest BCUT2D eigenvalue weighted by atomic mass is 16.6. The molecule has 0 radical (unpaired) electrons. The van der Waals surface area contributed by atoms with Gasteiger partial charge < -0.3 is 20.1 Å². The number of carbonyl (C=O) groups is 1. The van der Waals surface area contributed by atoms with Crippen LogP contribution in [-0.2, 0) is 0 Å². The zero-order chi connectivity index (χ0) is 13.4. The van der Waals surface area contributed by atoms with Crippen LogP contribution in [0.1, 0.15) is 0 Å². The molecule has 0 atom stereocenters. The van der Waals surface area contributed by atoms with E-state index in [4.69, 9.17) is 19.7 Å². The van der Waals surface area contributed by atoms with E-state index in [9.17, 15) is 5.11 Å². The van der Waals surface area contributed by atoms with Gasteiger partial charge in [-0.25, -0.2) is 4.79 Å². The molecular weight excluding hydrogens is 236 g/mol. The van der Waals surface area contributed by atoms with Crippen molar-refractivity contribution in [2.75, 3.05) is 0 Å². The minimum atomic E-state index is -1.83. The Morgan fingerprint density at radius 2 is 1.39 bits per heavy atom. The van der Waals surface area contributed by atoms with Crippen molar-refractivity contribution in [2.45, 2.75) is 0 Å². The van der Waals surface area contributed by atoms with Gasteiger partial charge in [-0.05, 0) is 24.3 Å². The summed E-state index contributed by atoms with van der Waals surface area (Å²) in [5, 5.41) is 23.4. The van der Waals surface area contributed by atoms with Gasteiger partial charge in [0.25, 0.3) is 0 Å². The SMILES string of the molecule is O=C(O)O.Oc1ccccc1Oc1ccccc1. The normalized spacial score (nSPS) is 8.89. The molecule has 0 saturated carbocycles. The number of hydrogen-bond acceptors (Lipinski definition) is 3. The Morgan fingerprint density at radius 3 is 1.94 bits per heavy atom. The smallest absolute Gasteiger partial charge is 0.503 e. The molecule has 0 aliphatic rings. The highest BCUT2D eigenvalue weighted by molar-refractivity contribution is 5.53. The highest BCUT2D eigenvalue weighted by Crippen LogP contribution is 2.29. The van der Waals surface area contributed by atoms with Crippen LogP contribution in [0.4, 0.5) is 4.79 Å². The van der Waals surface area contributed by atoms with Gasteiger partial charge >= 0.3 is 6.16 Å². The van der Waals surface area contributed by atoms with E-state index in [1.807, 2.05) is 36.4 Å². The van der Waals surface area contributed by atoms with Crippen LogP contribution in [0.5, 0.6) is 17.2 Å². The summed E-state index contributed by atoms with van der Waals surface area (Å²) in [5.41, 5.74) is 0. The summed E-state index contributed by atoms with van der Waals surface area (Å²) in [6, 6.07) is 16.3. The van der Waals surface area contributed by atoms with Crippen molar-refractivity contribution in [3.05, 3.63) is 54.6 Å². The van der Waals surface area contributed by atoms with Crippen LogP contribution in [0.3, 0.4) is 0 Å². The maximum Gasteiger partial charge on any atom is 0.503 e. The number of ether oxygens (including phenoxy) is 1. The van der Waals surface area contributed by atoms with E-state index in [2.05, 4.69) is 0 Å². The van der Waals surface area contributed by atoms with Crippen molar-refractivity contribution in [3.63, 3.8) is 0 Å². The fraction of sp³-hybridized carbons (Fsp3) is 0. The Morgan fingerprint density at radius 1 is 0.889 bits per heavy atom. The van der Waals surface area contributed by atoms with Gasteiger partial charge in [-0.15, -0.1) is 0 Å². The summed E-state index contributed by atoms with van der Waals surface area (Å²) >= 11 is 0. The molecule has 0 saturated heterocycles. The van der Waals surface area contributed by atoms with Crippen molar-refractivity contribution in [3.8, 4) is 17.2 Å². The van der Waals surface area contributed by atoms with Crippen LogP contribution in [-0.4, -0.2) is 21.5 Å². The van der Waals surface area contributed by atoms with Crippen LogP contribution in [0.15, 0.2) is 54.6 Å². The van der Waals surface area contributed by atoms with E-state index in [-0.39, 0.29) is 5.75 Å². The Balaban J connectivity index is 0.000000357. The summed E-state index contributed by atoms with van der Waals surface area (Å²) in [5.74, 6) is 1.34. The number of phenolic OH excluding ortho intramolecular Hbond substituents is 1. The molecule has 94 valence electrons. The Labute approximate surface area is 104 Å². The molecule has 5 nitrogen and oxygen atoms in total. The molecule has 0 aliphatic heterocycles. The number of rotatable bonds is 2. The Kier molecular flexibility index (Phi) is 5.05. The molecule has 5 heteroatoms. The third kappa shape index (κ3) is 4.89. The average Bonchev–Trinajstić information content (AvgIpc) is 2.33. The molecule has 0 spiro atoms. The number of carboxylic acid groups (broad SMARTS) is 2. The minimum absolute atomic E-state index is 0.149. The fourth-order valence-electron chi connectivity index (χ4n) is 1.16. The number of benzene rings is 2. The first-order valence-electron chi connectivity index (χ1n) is 5.02. The number of hydrogen-bond donors (Lipinski definition) is 3. The van der Waals surface area contributed by atoms with Crippen LogP contribution in [0.25, 0.3) is 0 Å². The lowest BCUT2D eigenvalue weighted by atomic mass is 10.3. The first kappa shape index (κ1) is 13.4. The van der Waals surface area contributed by atoms with Gasteiger partial charge in [-0.2, -0.15) is 0 Å². The molecule has 0 fully saturated rings. The lowest BCUT2D eigenvalue weighted by Crippen LogP contribution is -1.83. The van der Waals surface area contributed by atoms with E-state index in [0.29, 0.717) is 11.5 Å². The predicted molar refractivity (Wildman–Crippen MR) is 65.3 cm³/mol. The maximum absolute atomic E-state index is 9.45. The van der Waals surface area contributed by atoms with Gasteiger partial charge in [0.15, 0.2) is 11.5 Å². The summed E-state index contributed by atoms with van der Waals surface area (Å²) in [6.45, 7) is 0. The molecule has 0 bridgehead atoms. The lowest BCUT2D eigenvalue weighted by molar-refractivity contribution is 0.137.